The van der Waals surface area contributed by atoms with E-state index in [1.54, 1.807) is 32.0 Å². The Balaban J connectivity index is 1.86. The Hall–Kier alpha value is -3.17. The van der Waals surface area contributed by atoms with Gasteiger partial charge in [0.1, 0.15) is 12.4 Å². The van der Waals surface area contributed by atoms with E-state index < -0.39 is 24.3 Å². The number of alkyl halides is 3. The van der Waals surface area contributed by atoms with Crippen molar-refractivity contribution in [3.05, 3.63) is 57.4 Å². The predicted molar refractivity (Wildman–Crippen MR) is 103 cm³/mol. The van der Waals surface area contributed by atoms with E-state index in [0.29, 0.717) is 46.4 Å². The van der Waals surface area contributed by atoms with Gasteiger partial charge >= 0.3 is 6.18 Å². The number of carbonyl (C=O) groups excluding carboxylic acids is 1. The molecular weight excluding hydrogens is 399 g/mol. The van der Waals surface area contributed by atoms with Gasteiger partial charge in [-0.1, -0.05) is 12.1 Å². The lowest BCUT2D eigenvalue weighted by Gasteiger charge is -2.27. The predicted octanol–water partition coefficient (Wildman–Crippen LogP) is 3.28. The topological polar surface area (TPSA) is 83.9 Å². The standard InChI is InChI=1S/C20H20F3N5O2/c1-11-16(12(2)26-25-11)19(30)27-9-5-8-15(27)17-24-14-7-4-3-6-13(14)18(29)28(17)10-20(21,22)23/h3-4,6-7,15H,5,8-10H2,1-2H3,(H,25,26). The van der Waals surface area contributed by atoms with Crippen molar-refractivity contribution in [2.24, 2.45) is 0 Å². The minimum atomic E-state index is -4.60. The summed E-state index contributed by atoms with van der Waals surface area (Å²) < 4.78 is 40.5. The molecule has 1 amide bonds. The van der Waals surface area contributed by atoms with Gasteiger partial charge < -0.3 is 4.90 Å². The molecular formula is C20H20F3N5O2. The highest BCUT2D eigenvalue weighted by atomic mass is 19.4. The molecule has 1 fully saturated rings. The van der Waals surface area contributed by atoms with E-state index in [1.807, 2.05) is 0 Å². The molecule has 3 aromatic rings. The number of amides is 1. The molecule has 158 valence electrons. The lowest BCUT2D eigenvalue weighted by Crippen LogP contribution is -2.38. The zero-order valence-electron chi connectivity index (χ0n) is 16.5. The van der Waals surface area contributed by atoms with Crippen LogP contribution in [0.2, 0.25) is 0 Å². The van der Waals surface area contributed by atoms with Crippen LogP contribution in [0.25, 0.3) is 10.9 Å². The zero-order chi connectivity index (χ0) is 21.6. The first-order valence-electron chi connectivity index (χ1n) is 9.56. The number of nitrogens with zero attached hydrogens (tertiary/aromatic N) is 4. The van der Waals surface area contributed by atoms with E-state index >= 15 is 0 Å². The number of likely N-dealkylation sites (tertiary alicyclic amines) is 1. The number of para-hydroxylation sites is 1. The maximum atomic E-state index is 13.3. The van der Waals surface area contributed by atoms with Gasteiger partial charge in [0.25, 0.3) is 11.5 Å². The molecule has 7 nitrogen and oxygen atoms in total. The van der Waals surface area contributed by atoms with Gasteiger partial charge in [-0.05, 0) is 38.8 Å². The van der Waals surface area contributed by atoms with Crippen LogP contribution in [-0.2, 0) is 6.54 Å². The molecule has 4 rings (SSSR count). The van der Waals surface area contributed by atoms with Gasteiger partial charge in [-0.15, -0.1) is 0 Å². The second kappa shape index (κ2) is 7.26. The number of aryl methyl sites for hydroxylation is 2. The molecule has 1 aliphatic heterocycles. The Morgan fingerprint density at radius 2 is 2.00 bits per heavy atom. The largest absolute Gasteiger partial charge is 0.406 e. The molecule has 1 atom stereocenters. The Bertz CT molecular complexity index is 1160. The summed E-state index contributed by atoms with van der Waals surface area (Å²) in [5, 5.41) is 6.90. The van der Waals surface area contributed by atoms with E-state index in [9.17, 15) is 22.8 Å². The molecule has 1 saturated heterocycles. The van der Waals surface area contributed by atoms with Crippen LogP contribution in [0.4, 0.5) is 13.2 Å². The van der Waals surface area contributed by atoms with Crippen LogP contribution in [0.5, 0.6) is 0 Å². The number of aromatic amines is 1. The van der Waals surface area contributed by atoms with Crippen molar-refractivity contribution < 1.29 is 18.0 Å². The van der Waals surface area contributed by atoms with Crippen molar-refractivity contribution >= 4 is 16.8 Å². The average Bonchev–Trinajstić information content (AvgIpc) is 3.29. The van der Waals surface area contributed by atoms with E-state index in [2.05, 4.69) is 15.2 Å². The van der Waals surface area contributed by atoms with Crippen molar-refractivity contribution in [3.63, 3.8) is 0 Å². The molecule has 0 radical (unpaired) electrons. The molecule has 0 saturated carbocycles. The maximum Gasteiger partial charge on any atom is 0.406 e. The Morgan fingerprint density at radius 1 is 1.27 bits per heavy atom. The van der Waals surface area contributed by atoms with Crippen molar-refractivity contribution in [3.8, 4) is 0 Å². The summed E-state index contributed by atoms with van der Waals surface area (Å²) in [6, 6.07) is 5.56. The molecule has 1 aromatic carbocycles. The molecule has 0 spiro atoms. The van der Waals surface area contributed by atoms with Gasteiger partial charge in [0.15, 0.2) is 0 Å². The van der Waals surface area contributed by atoms with Crippen LogP contribution < -0.4 is 5.56 Å². The number of fused-ring (bicyclic) bond motifs is 1. The highest BCUT2D eigenvalue weighted by molar-refractivity contribution is 5.96. The Kier molecular flexibility index (Phi) is 4.87. The number of hydrogen-bond donors (Lipinski definition) is 1. The van der Waals surface area contributed by atoms with Crippen molar-refractivity contribution in [1.82, 2.24) is 24.6 Å². The number of H-pyrrole nitrogens is 1. The monoisotopic (exact) mass is 419 g/mol. The van der Waals surface area contributed by atoms with Gasteiger partial charge in [0, 0.05) is 12.2 Å². The summed E-state index contributed by atoms with van der Waals surface area (Å²) in [7, 11) is 0. The van der Waals surface area contributed by atoms with Crippen LogP contribution in [0.3, 0.4) is 0 Å². The number of benzene rings is 1. The summed E-state index contributed by atoms with van der Waals surface area (Å²) in [6.07, 6.45) is -3.58. The maximum absolute atomic E-state index is 13.3. The summed E-state index contributed by atoms with van der Waals surface area (Å²) in [5.41, 5.74) is 1.05. The van der Waals surface area contributed by atoms with Crippen LogP contribution >= 0.6 is 0 Å². The van der Waals surface area contributed by atoms with Gasteiger partial charge in [-0.25, -0.2) is 4.98 Å². The number of hydrogen-bond acceptors (Lipinski definition) is 4. The smallest absolute Gasteiger partial charge is 0.328 e. The fourth-order valence-electron chi connectivity index (χ4n) is 4.06. The lowest BCUT2D eigenvalue weighted by atomic mass is 10.1. The van der Waals surface area contributed by atoms with Gasteiger partial charge in [-0.2, -0.15) is 18.3 Å². The molecule has 1 aliphatic rings. The van der Waals surface area contributed by atoms with Crippen LogP contribution in [-0.4, -0.2) is 43.3 Å². The third kappa shape index (κ3) is 3.46. The Labute approximate surface area is 169 Å². The van der Waals surface area contributed by atoms with Gasteiger partial charge in [0.05, 0.1) is 28.2 Å². The van der Waals surface area contributed by atoms with Crippen LogP contribution in [0, 0.1) is 13.8 Å². The first kappa shape index (κ1) is 20.1. The van der Waals surface area contributed by atoms with E-state index in [-0.39, 0.29) is 17.1 Å². The van der Waals surface area contributed by atoms with Crippen LogP contribution in [0.1, 0.15) is 46.5 Å². The van der Waals surface area contributed by atoms with Gasteiger partial charge in [0.2, 0.25) is 0 Å². The first-order chi connectivity index (χ1) is 14.2. The summed E-state index contributed by atoms with van der Waals surface area (Å²) in [4.78, 5) is 32.0. The zero-order valence-corrected chi connectivity index (χ0v) is 16.5. The number of halogens is 3. The second-order valence-corrected chi connectivity index (χ2v) is 7.46. The van der Waals surface area contributed by atoms with Crippen molar-refractivity contribution in [1.29, 1.82) is 0 Å². The number of carbonyl (C=O) groups is 1. The summed E-state index contributed by atoms with van der Waals surface area (Å²) in [5.74, 6) is -0.372. The van der Waals surface area contributed by atoms with Crippen molar-refractivity contribution in [2.75, 3.05) is 6.54 Å². The molecule has 3 heterocycles. The van der Waals surface area contributed by atoms with E-state index in [0.717, 1.165) is 0 Å². The molecule has 2 aromatic heterocycles. The fraction of sp³-hybridized carbons (Fsp3) is 0.400. The number of aromatic nitrogens is 4. The van der Waals surface area contributed by atoms with Crippen LogP contribution in [0.15, 0.2) is 29.1 Å². The van der Waals surface area contributed by atoms with Crippen molar-refractivity contribution in [2.45, 2.75) is 45.5 Å². The quantitative estimate of drug-likeness (QED) is 0.706. The number of nitrogens with one attached hydrogen (secondary N) is 1. The van der Waals surface area contributed by atoms with E-state index in [1.165, 1.54) is 11.0 Å². The molecule has 0 bridgehead atoms. The highest BCUT2D eigenvalue weighted by Gasteiger charge is 2.38. The second-order valence-electron chi connectivity index (χ2n) is 7.46. The first-order valence-corrected chi connectivity index (χ1v) is 9.56. The fourth-order valence-corrected chi connectivity index (χ4v) is 4.06. The third-order valence-electron chi connectivity index (χ3n) is 5.38. The van der Waals surface area contributed by atoms with Gasteiger partial charge in [-0.3, -0.25) is 19.3 Å². The summed E-state index contributed by atoms with van der Waals surface area (Å²) >= 11 is 0. The Morgan fingerprint density at radius 3 is 2.67 bits per heavy atom. The van der Waals surface area contributed by atoms with E-state index in [4.69, 9.17) is 0 Å². The third-order valence-corrected chi connectivity index (χ3v) is 5.38. The molecule has 30 heavy (non-hydrogen) atoms. The molecule has 10 heteroatoms. The average molecular weight is 419 g/mol. The minimum Gasteiger partial charge on any atom is -0.328 e. The SMILES string of the molecule is Cc1n[nH]c(C)c1C(=O)N1CCCC1c1nc2ccccc2c(=O)n1CC(F)(F)F. The number of rotatable bonds is 3. The summed E-state index contributed by atoms with van der Waals surface area (Å²) in [6.45, 7) is 2.31. The normalized spacial score (nSPS) is 17.1. The minimum absolute atomic E-state index is 0.0410. The highest BCUT2D eigenvalue weighted by Crippen LogP contribution is 2.34. The lowest BCUT2D eigenvalue weighted by molar-refractivity contribution is -0.141. The molecule has 0 aliphatic carbocycles. The molecule has 1 unspecified atom stereocenters. The molecule has 1 N–H and O–H groups in total.